The lowest BCUT2D eigenvalue weighted by Crippen LogP contribution is -2.40. The number of hydrogen-bond acceptors (Lipinski definition) is 3. The van der Waals surface area contributed by atoms with Gasteiger partial charge in [0.25, 0.3) is 5.79 Å². The first-order valence-electron chi connectivity index (χ1n) is 8.68. The molecule has 1 N–H and O–H groups in total. The lowest BCUT2D eigenvalue weighted by molar-refractivity contribution is -0.115. The average molecular weight is 341 g/mol. The molecule has 25 heavy (non-hydrogen) atoms. The summed E-state index contributed by atoms with van der Waals surface area (Å²) in [6.07, 6.45) is 5.42. The topological polar surface area (TPSA) is 47.6 Å². The fourth-order valence-corrected chi connectivity index (χ4v) is 3.46. The second-order valence-electron chi connectivity index (χ2n) is 6.69. The molecule has 1 aliphatic heterocycles. The number of rotatable bonds is 3. The second kappa shape index (κ2) is 6.39. The number of fused-ring (bicyclic) bond motifs is 1. The number of amides is 1. The quantitative estimate of drug-likeness (QED) is 0.898. The lowest BCUT2D eigenvalue weighted by Gasteiger charge is -2.31. The van der Waals surface area contributed by atoms with Crippen molar-refractivity contribution in [1.82, 2.24) is 0 Å². The number of carbonyl (C=O) groups excluding carboxylic acids is 1. The summed E-state index contributed by atoms with van der Waals surface area (Å²) < 4.78 is 25.0. The molecule has 0 bridgehead atoms. The lowest BCUT2D eigenvalue weighted by atomic mass is 9.94. The maximum atomic E-state index is 12.9. The third-order valence-electron chi connectivity index (χ3n) is 4.71. The molecule has 2 aromatic carbocycles. The van der Waals surface area contributed by atoms with Crippen molar-refractivity contribution in [2.24, 2.45) is 0 Å². The molecule has 4 rings (SSSR count). The van der Waals surface area contributed by atoms with Crippen LogP contribution in [0.1, 0.15) is 37.7 Å². The summed E-state index contributed by atoms with van der Waals surface area (Å²) in [5.74, 6) is 0.437. The third kappa shape index (κ3) is 3.45. The van der Waals surface area contributed by atoms with E-state index in [-0.39, 0.29) is 18.1 Å². The second-order valence-corrected chi connectivity index (χ2v) is 6.69. The Balaban J connectivity index is 1.42. The van der Waals surface area contributed by atoms with Crippen molar-refractivity contribution in [3.05, 3.63) is 53.8 Å². The standard InChI is InChI=1S/C20H20FNO3/c21-15-6-4-14(5-7-15)12-19(23)22-16-8-9-17-18(13-16)25-20(24-17)10-2-1-3-11-20/h4-9,13H,1-3,10-12H2,(H,22,23). The zero-order valence-corrected chi connectivity index (χ0v) is 13.9. The van der Waals surface area contributed by atoms with E-state index in [1.165, 1.54) is 18.6 Å². The number of benzene rings is 2. The van der Waals surface area contributed by atoms with Gasteiger partial charge in [0.05, 0.1) is 6.42 Å². The molecule has 2 aliphatic rings. The Bertz CT molecular complexity index is 782. The van der Waals surface area contributed by atoms with E-state index in [0.717, 1.165) is 37.0 Å². The predicted octanol–water partition coefficient (Wildman–Crippen LogP) is 4.44. The summed E-state index contributed by atoms with van der Waals surface area (Å²) in [7, 11) is 0. The van der Waals surface area contributed by atoms with Crippen LogP contribution in [0.25, 0.3) is 0 Å². The van der Waals surface area contributed by atoms with E-state index in [0.29, 0.717) is 11.4 Å². The Morgan fingerprint density at radius 2 is 1.72 bits per heavy atom. The van der Waals surface area contributed by atoms with Gasteiger partial charge >= 0.3 is 0 Å². The van der Waals surface area contributed by atoms with Crippen molar-refractivity contribution in [2.75, 3.05) is 5.32 Å². The minimum Gasteiger partial charge on any atom is -0.448 e. The Hall–Kier alpha value is -2.56. The molecule has 0 atom stereocenters. The highest BCUT2D eigenvalue weighted by Gasteiger charge is 2.42. The molecule has 1 aliphatic carbocycles. The van der Waals surface area contributed by atoms with Crippen LogP contribution in [0.3, 0.4) is 0 Å². The van der Waals surface area contributed by atoms with E-state index in [1.807, 2.05) is 12.1 Å². The summed E-state index contributed by atoms with van der Waals surface area (Å²) in [5.41, 5.74) is 1.43. The number of carbonyl (C=O) groups is 1. The molecule has 1 heterocycles. The molecule has 0 unspecified atom stereocenters. The maximum Gasteiger partial charge on any atom is 0.251 e. The SMILES string of the molecule is O=C(Cc1ccc(F)cc1)Nc1ccc2c(c1)OC1(CCCCC1)O2. The Labute approximate surface area is 146 Å². The van der Waals surface area contributed by atoms with Crippen molar-refractivity contribution >= 4 is 11.6 Å². The maximum absolute atomic E-state index is 12.9. The van der Waals surface area contributed by atoms with Crippen LogP contribution in [-0.2, 0) is 11.2 Å². The van der Waals surface area contributed by atoms with E-state index in [2.05, 4.69) is 5.32 Å². The number of halogens is 1. The van der Waals surface area contributed by atoms with Crippen molar-refractivity contribution in [3.63, 3.8) is 0 Å². The van der Waals surface area contributed by atoms with Crippen LogP contribution in [0.4, 0.5) is 10.1 Å². The monoisotopic (exact) mass is 341 g/mol. The summed E-state index contributed by atoms with van der Waals surface area (Å²) in [4.78, 5) is 12.2. The molecule has 1 spiro atoms. The van der Waals surface area contributed by atoms with Crippen molar-refractivity contribution in [1.29, 1.82) is 0 Å². The normalized spacial score (nSPS) is 17.5. The van der Waals surface area contributed by atoms with Gasteiger partial charge in [0.15, 0.2) is 11.5 Å². The highest BCUT2D eigenvalue weighted by molar-refractivity contribution is 5.92. The number of ether oxygens (including phenoxy) is 2. The van der Waals surface area contributed by atoms with Crippen molar-refractivity contribution in [2.45, 2.75) is 44.3 Å². The first-order valence-corrected chi connectivity index (χ1v) is 8.68. The van der Waals surface area contributed by atoms with Gasteiger partial charge in [-0.1, -0.05) is 18.6 Å². The van der Waals surface area contributed by atoms with Gasteiger partial charge in [0.2, 0.25) is 5.91 Å². The summed E-state index contributed by atoms with van der Waals surface area (Å²) in [5, 5.41) is 2.86. The van der Waals surface area contributed by atoms with E-state index < -0.39 is 5.79 Å². The molecule has 4 nitrogen and oxygen atoms in total. The van der Waals surface area contributed by atoms with Crippen LogP contribution in [0.5, 0.6) is 11.5 Å². The van der Waals surface area contributed by atoms with Crippen LogP contribution in [0, 0.1) is 5.82 Å². The summed E-state index contributed by atoms with van der Waals surface area (Å²) >= 11 is 0. The molecule has 130 valence electrons. The number of nitrogens with one attached hydrogen (secondary N) is 1. The van der Waals surface area contributed by atoms with Crippen LogP contribution >= 0.6 is 0 Å². The molecular formula is C20H20FNO3. The highest BCUT2D eigenvalue weighted by Crippen LogP contribution is 2.46. The van der Waals surface area contributed by atoms with Crippen LogP contribution in [0.15, 0.2) is 42.5 Å². The smallest absolute Gasteiger partial charge is 0.251 e. The van der Waals surface area contributed by atoms with Gasteiger partial charge in [0, 0.05) is 24.6 Å². The first-order chi connectivity index (χ1) is 12.1. The molecule has 0 aromatic heterocycles. The fourth-order valence-electron chi connectivity index (χ4n) is 3.46. The zero-order valence-electron chi connectivity index (χ0n) is 13.9. The van der Waals surface area contributed by atoms with Crippen LogP contribution in [-0.4, -0.2) is 11.7 Å². The molecule has 1 amide bonds. The first kappa shape index (κ1) is 15.9. The van der Waals surface area contributed by atoms with Crippen LogP contribution < -0.4 is 14.8 Å². The third-order valence-corrected chi connectivity index (χ3v) is 4.71. The van der Waals surface area contributed by atoms with E-state index >= 15 is 0 Å². The van der Waals surface area contributed by atoms with Crippen molar-refractivity contribution in [3.8, 4) is 11.5 Å². The Morgan fingerprint density at radius 3 is 2.48 bits per heavy atom. The van der Waals surface area contributed by atoms with Gasteiger partial charge in [-0.05, 0) is 42.7 Å². The van der Waals surface area contributed by atoms with E-state index in [9.17, 15) is 9.18 Å². The highest BCUT2D eigenvalue weighted by atomic mass is 19.1. The van der Waals surface area contributed by atoms with Gasteiger partial charge in [0.1, 0.15) is 5.82 Å². The zero-order chi connectivity index (χ0) is 17.3. The minimum atomic E-state index is -0.517. The Morgan fingerprint density at radius 1 is 1.00 bits per heavy atom. The van der Waals surface area contributed by atoms with Crippen LogP contribution in [0.2, 0.25) is 0 Å². The molecule has 1 saturated carbocycles. The van der Waals surface area contributed by atoms with Crippen molar-refractivity contribution < 1.29 is 18.7 Å². The number of hydrogen-bond donors (Lipinski definition) is 1. The molecule has 5 heteroatoms. The molecule has 1 fully saturated rings. The minimum absolute atomic E-state index is 0.155. The van der Waals surface area contributed by atoms with Gasteiger partial charge in [-0.2, -0.15) is 0 Å². The van der Waals surface area contributed by atoms with Gasteiger partial charge in [-0.15, -0.1) is 0 Å². The van der Waals surface area contributed by atoms with Gasteiger partial charge in [-0.3, -0.25) is 4.79 Å². The summed E-state index contributed by atoms with van der Waals surface area (Å²) in [6, 6.07) is 11.4. The largest absolute Gasteiger partial charge is 0.448 e. The average Bonchev–Trinajstić information content (AvgIpc) is 2.94. The van der Waals surface area contributed by atoms with Gasteiger partial charge < -0.3 is 14.8 Å². The van der Waals surface area contributed by atoms with E-state index in [1.54, 1.807) is 18.2 Å². The summed E-state index contributed by atoms with van der Waals surface area (Å²) in [6.45, 7) is 0. The predicted molar refractivity (Wildman–Crippen MR) is 92.2 cm³/mol. The number of anilines is 1. The molecule has 0 radical (unpaired) electrons. The fraction of sp³-hybridized carbons (Fsp3) is 0.350. The van der Waals surface area contributed by atoms with E-state index in [4.69, 9.17) is 9.47 Å². The molecule has 2 aromatic rings. The van der Waals surface area contributed by atoms with Gasteiger partial charge in [-0.25, -0.2) is 4.39 Å². The molecular weight excluding hydrogens is 321 g/mol. The molecule has 0 saturated heterocycles. The Kier molecular flexibility index (Phi) is 4.07.